The number of para-hydroxylation sites is 1. The van der Waals surface area contributed by atoms with E-state index in [4.69, 9.17) is 10.8 Å². The van der Waals surface area contributed by atoms with E-state index in [1.165, 1.54) is 11.3 Å². The number of aliphatic hydroxyl groups is 1. The summed E-state index contributed by atoms with van der Waals surface area (Å²) in [5.41, 5.74) is 8.29. The lowest BCUT2D eigenvalue weighted by Gasteiger charge is -2.25. The number of anilines is 1. The summed E-state index contributed by atoms with van der Waals surface area (Å²) < 4.78 is 0. The monoisotopic (exact) mass is 249 g/mol. The van der Waals surface area contributed by atoms with Crippen LogP contribution in [0.15, 0.2) is 24.3 Å². The largest absolute Gasteiger partial charge is 0.395 e. The van der Waals surface area contributed by atoms with Gasteiger partial charge in [-0.25, -0.2) is 0 Å². The van der Waals surface area contributed by atoms with Crippen LogP contribution in [0.5, 0.6) is 0 Å². The Morgan fingerprint density at radius 1 is 1.11 bits per heavy atom. The summed E-state index contributed by atoms with van der Waals surface area (Å²) in [5, 5.41) is 9.00. The predicted octanol–water partition coefficient (Wildman–Crippen LogP) is 0.650. The van der Waals surface area contributed by atoms with Crippen LogP contribution in [0.2, 0.25) is 0 Å². The van der Waals surface area contributed by atoms with Crippen molar-refractivity contribution in [1.29, 1.82) is 0 Å². The van der Waals surface area contributed by atoms with Gasteiger partial charge in [-0.3, -0.25) is 4.90 Å². The number of hydrogen-bond acceptors (Lipinski definition) is 4. The number of hydrogen-bond donors (Lipinski definition) is 2. The summed E-state index contributed by atoms with van der Waals surface area (Å²) in [6, 6.07) is 8.38. The van der Waals surface area contributed by atoms with Crippen LogP contribution in [0, 0.1) is 0 Å². The Balaban J connectivity index is 2.05. The maximum Gasteiger partial charge on any atom is 0.0558 e. The molecule has 0 radical (unpaired) electrons. The third-order valence-corrected chi connectivity index (χ3v) is 3.56. The van der Waals surface area contributed by atoms with Crippen molar-refractivity contribution in [3.8, 4) is 0 Å². The van der Waals surface area contributed by atoms with Gasteiger partial charge in [-0.05, 0) is 24.6 Å². The van der Waals surface area contributed by atoms with Gasteiger partial charge < -0.3 is 15.7 Å². The van der Waals surface area contributed by atoms with E-state index in [1.807, 2.05) is 6.07 Å². The lowest BCUT2D eigenvalue weighted by molar-refractivity contribution is 0.204. The lowest BCUT2D eigenvalue weighted by Crippen LogP contribution is -2.32. The molecule has 1 fully saturated rings. The van der Waals surface area contributed by atoms with Gasteiger partial charge in [0.1, 0.15) is 0 Å². The number of nitrogens with zero attached hydrogens (tertiary/aromatic N) is 2. The van der Waals surface area contributed by atoms with Crippen molar-refractivity contribution in [2.24, 2.45) is 5.73 Å². The third-order valence-electron chi connectivity index (χ3n) is 3.56. The molecule has 1 heterocycles. The zero-order chi connectivity index (χ0) is 12.8. The van der Waals surface area contributed by atoms with E-state index < -0.39 is 0 Å². The standard InChI is InChI=1S/C14H23N3O/c15-12-13-4-1-2-5-14(13)17-7-3-6-16(8-9-17)10-11-18/h1-2,4-5,18H,3,6-12,15H2. The molecule has 0 unspecified atom stereocenters. The second-order valence-electron chi connectivity index (χ2n) is 4.74. The van der Waals surface area contributed by atoms with E-state index in [-0.39, 0.29) is 6.61 Å². The molecule has 4 nitrogen and oxygen atoms in total. The molecule has 1 aliphatic heterocycles. The van der Waals surface area contributed by atoms with Crippen molar-refractivity contribution < 1.29 is 5.11 Å². The SMILES string of the molecule is NCc1ccccc1N1CCCN(CCO)CC1. The van der Waals surface area contributed by atoms with Gasteiger partial charge in [-0.1, -0.05) is 18.2 Å². The molecule has 2 rings (SSSR count). The van der Waals surface area contributed by atoms with Gasteiger partial charge in [-0.15, -0.1) is 0 Å². The van der Waals surface area contributed by atoms with Crippen LogP contribution in [0.3, 0.4) is 0 Å². The van der Waals surface area contributed by atoms with Crippen molar-refractivity contribution in [3.05, 3.63) is 29.8 Å². The second-order valence-corrected chi connectivity index (χ2v) is 4.74. The highest BCUT2D eigenvalue weighted by Gasteiger charge is 2.16. The van der Waals surface area contributed by atoms with Gasteiger partial charge in [0.05, 0.1) is 6.61 Å². The normalized spacial score (nSPS) is 17.8. The predicted molar refractivity (Wildman–Crippen MR) is 74.7 cm³/mol. The first kappa shape index (κ1) is 13.3. The molecule has 18 heavy (non-hydrogen) atoms. The summed E-state index contributed by atoms with van der Waals surface area (Å²) in [6.07, 6.45) is 1.14. The highest BCUT2D eigenvalue weighted by atomic mass is 16.3. The van der Waals surface area contributed by atoms with Gasteiger partial charge in [0.15, 0.2) is 0 Å². The molecule has 0 aliphatic carbocycles. The zero-order valence-electron chi connectivity index (χ0n) is 10.9. The summed E-state index contributed by atoms with van der Waals surface area (Å²) in [4.78, 5) is 4.74. The van der Waals surface area contributed by atoms with Gasteiger partial charge in [0.2, 0.25) is 0 Å². The average Bonchev–Trinajstić information content (AvgIpc) is 2.65. The molecular weight excluding hydrogens is 226 g/mol. The van der Waals surface area contributed by atoms with Crippen molar-refractivity contribution in [2.45, 2.75) is 13.0 Å². The minimum Gasteiger partial charge on any atom is -0.395 e. The highest BCUT2D eigenvalue weighted by Crippen LogP contribution is 2.21. The molecule has 1 aliphatic rings. The lowest BCUT2D eigenvalue weighted by atomic mass is 10.1. The Morgan fingerprint density at radius 2 is 1.94 bits per heavy atom. The molecule has 0 atom stereocenters. The Bertz CT molecular complexity index is 370. The molecule has 1 aromatic rings. The second kappa shape index (κ2) is 6.73. The average molecular weight is 249 g/mol. The van der Waals surface area contributed by atoms with Crippen LogP contribution >= 0.6 is 0 Å². The zero-order valence-corrected chi connectivity index (χ0v) is 10.9. The first-order chi connectivity index (χ1) is 8.85. The first-order valence-electron chi connectivity index (χ1n) is 6.71. The summed E-state index contributed by atoms with van der Waals surface area (Å²) in [6.45, 7) is 5.79. The number of β-amino-alcohol motifs (C(OH)–C–C–N with tert-alkyl or cyclic N) is 1. The van der Waals surface area contributed by atoms with Gasteiger partial charge in [0, 0.05) is 38.4 Å². The third kappa shape index (κ3) is 3.22. The molecule has 0 spiro atoms. The molecule has 0 aromatic heterocycles. The van der Waals surface area contributed by atoms with Crippen LogP contribution in [0.25, 0.3) is 0 Å². The fraction of sp³-hybridized carbons (Fsp3) is 0.571. The molecular formula is C14H23N3O. The van der Waals surface area contributed by atoms with Crippen LogP contribution < -0.4 is 10.6 Å². The van der Waals surface area contributed by atoms with Crippen LogP contribution in [0.4, 0.5) is 5.69 Å². The van der Waals surface area contributed by atoms with E-state index in [0.717, 1.165) is 39.1 Å². The smallest absolute Gasteiger partial charge is 0.0558 e. The minimum absolute atomic E-state index is 0.249. The summed E-state index contributed by atoms with van der Waals surface area (Å²) >= 11 is 0. The Kier molecular flexibility index (Phi) is 4.99. The van der Waals surface area contributed by atoms with Gasteiger partial charge in [0.25, 0.3) is 0 Å². The molecule has 1 aromatic carbocycles. The van der Waals surface area contributed by atoms with E-state index in [2.05, 4.69) is 28.0 Å². The van der Waals surface area contributed by atoms with Crippen LogP contribution in [-0.4, -0.2) is 49.3 Å². The number of nitrogens with two attached hydrogens (primary N) is 1. The Labute approximate surface area is 109 Å². The fourth-order valence-corrected chi connectivity index (χ4v) is 2.57. The highest BCUT2D eigenvalue weighted by molar-refractivity contribution is 5.53. The first-order valence-corrected chi connectivity index (χ1v) is 6.71. The number of aliphatic hydroxyl groups excluding tert-OH is 1. The maximum atomic E-state index is 9.00. The van der Waals surface area contributed by atoms with Crippen LogP contribution in [0.1, 0.15) is 12.0 Å². The van der Waals surface area contributed by atoms with Crippen molar-refractivity contribution in [1.82, 2.24) is 4.90 Å². The Morgan fingerprint density at radius 3 is 2.72 bits per heavy atom. The summed E-state index contributed by atoms with van der Waals surface area (Å²) in [7, 11) is 0. The molecule has 0 saturated carbocycles. The molecule has 100 valence electrons. The number of rotatable bonds is 4. The topological polar surface area (TPSA) is 52.7 Å². The quantitative estimate of drug-likeness (QED) is 0.822. The van der Waals surface area contributed by atoms with E-state index in [9.17, 15) is 0 Å². The maximum absolute atomic E-state index is 9.00. The van der Waals surface area contributed by atoms with Gasteiger partial charge >= 0.3 is 0 Å². The van der Waals surface area contributed by atoms with E-state index in [0.29, 0.717) is 6.54 Å². The molecule has 1 saturated heterocycles. The van der Waals surface area contributed by atoms with E-state index >= 15 is 0 Å². The Hall–Kier alpha value is -1.10. The molecule has 0 amide bonds. The van der Waals surface area contributed by atoms with Gasteiger partial charge in [-0.2, -0.15) is 0 Å². The van der Waals surface area contributed by atoms with Crippen molar-refractivity contribution in [2.75, 3.05) is 44.2 Å². The van der Waals surface area contributed by atoms with Crippen LogP contribution in [-0.2, 0) is 6.54 Å². The molecule has 3 N–H and O–H groups in total. The van der Waals surface area contributed by atoms with Crippen molar-refractivity contribution in [3.63, 3.8) is 0 Å². The van der Waals surface area contributed by atoms with Crippen molar-refractivity contribution >= 4 is 5.69 Å². The molecule has 0 bridgehead atoms. The number of benzene rings is 1. The van der Waals surface area contributed by atoms with E-state index in [1.54, 1.807) is 0 Å². The summed E-state index contributed by atoms with van der Waals surface area (Å²) in [5.74, 6) is 0. The minimum atomic E-state index is 0.249. The fourth-order valence-electron chi connectivity index (χ4n) is 2.57. The molecule has 4 heteroatoms.